The summed E-state index contributed by atoms with van der Waals surface area (Å²) in [5.41, 5.74) is 4.64. The third-order valence-electron chi connectivity index (χ3n) is 8.05. The molecule has 4 bridgehead atoms. The van der Waals surface area contributed by atoms with Gasteiger partial charge in [0.25, 0.3) is 5.69 Å². The zero-order valence-corrected chi connectivity index (χ0v) is 17.5. The van der Waals surface area contributed by atoms with Gasteiger partial charge in [-0.2, -0.15) is 0 Å². The first kappa shape index (κ1) is 18.8. The van der Waals surface area contributed by atoms with E-state index in [0.29, 0.717) is 11.3 Å². The van der Waals surface area contributed by atoms with E-state index in [2.05, 4.69) is 38.1 Å². The zero-order chi connectivity index (χ0) is 20.2. The fraction of sp³-hybridized carbons (Fsp3) is 0.538. The Bertz CT molecular complexity index is 862. The molecule has 3 nitrogen and oxygen atoms in total. The van der Waals surface area contributed by atoms with Crippen LogP contribution >= 0.6 is 0 Å². The van der Waals surface area contributed by atoms with Crippen molar-refractivity contribution in [2.75, 3.05) is 0 Å². The van der Waals surface area contributed by atoms with E-state index >= 15 is 0 Å². The third kappa shape index (κ3) is 3.29. The molecule has 4 saturated carbocycles. The number of hydrogen-bond acceptors (Lipinski definition) is 2. The highest BCUT2D eigenvalue weighted by atomic mass is 16.6. The molecule has 3 heteroatoms. The maximum absolute atomic E-state index is 11.0. The summed E-state index contributed by atoms with van der Waals surface area (Å²) in [6.07, 6.45) is 8.63. The molecule has 1 atom stereocenters. The molecule has 0 saturated heterocycles. The molecule has 4 fully saturated rings. The van der Waals surface area contributed by atoms with Gasteiger partial charge in [-0.1, -0.05) is 50.2 Å². The van der Waals surface area contributed by atoms with Gasteiger partial charge in [0, 0.05) is 18.1 Å². The number of rotatable bonds is 5. The average Bonchev–Trinajstić information content (AvgIpc) is 2.68. The highest BCUT2D eigenvalue weighted by molar-refractivity contribution is 5.41. The van der Waals surface area contributed by atoms with E-state index in [9.17, 15) is 10.1 Å². The summed E-state index contributed by atoms with van der Waals surface area (Å²) in [7, 11) is 0. The molecule has 4 aliphatic carbocycles. The van der Waals surface area contributed by atoms with Crippen molar-refractivity contribution in [2.24, 2.45) is 23.7 Å². The fourth-order valence-electron chi connectivity index (χ4n) is 7.27. The number of nitrogens with zero attached hydrogens (tertiary/aromatic N) is 1. The van der Waals surface area contributed by atoms with E-state index in [1.807, 2.05) is 12.1 Å². The summed E-state index contributed by atoms with van der Waals surface area (Å²) in [5, 5.41) is 11.0. The Kier molecular flexibility index (Phi) is 4.53. The van der Waals surface area contributed by atoms with Gasteiger partial charge >= 0.3 is 0 Å². The topological polar surface area (TPSA) is 43.1 Å². The van der Waals surface area contributed by atoms with E-state index in [1.165, 1.54) is 44.1 Å². The highest BCUT2D eigenvalue weighted by Crippen LogP contribution is 2.60. The second-order valence-electron chi connectivity index (χ2n) is 10.4. The first-order chi connectivity index (χ1) is 13.9. The van der Waals surface area contributed by atoms with Gasteiger partial charge in [-0.05, 0) is 84.3 Å². The molecule has 6 rings (SSSR count). The molecule has 0 spiro atoms. The first-order valence-corrected chi connectivity index (χ1v) is 11.3. The molecule has 0 aromatic heterocycles. The van der Waals surface area contributed by atoms with Crippen LogP contribution in [0.1, 0.15) is 75.0 Å². The molecule has 0 radical (unpaired) electrons. The van der Waals surface area contributed by atoms with E-state index in [4.69, 9.17) is 0 Å². The van der Waals surface area contributed by atoms with Crippen LogP contribution in [-0.2, 0) is 5.41 Å². The second-order valence-corrected chi connectivity index (χ2v) is 10.4. The van der Waals surface area contributed by atoms with Gasteiger partial charge in [0.1, 0.15) is 0 Å². The Balaban J connectivity index is 1.43. The van der Waals surface area contributed by atoms with Crippen LogP contribution in [0.4, 0.5) is 5.69 Å². The number of benzene rings is 2. The molecule has 0 N–H and O–H groups in total. The SMILES string of the molecule is CC(C)C(c1ccc([N+](=O)[O-])cc1)c1ccc(C23CC4CC(CC(C4)C2)C3)cc1. The first-order valence-electron chi connectivity index (χ1n) is 11.3. The predicted octanol–water partition coefficient (Wildman–Crippen LogP) is 6.85. The van der Waals surface area contributed by atoms with Crippen molar-refractivity contribution in [2.45, 2.75) is 63.7 Å². The average molecular weight is 390 g/mol. The standard InChI is InChI=1S/C26H31NO2/c1-17(2)25(22-5-9-24(10-6-22)27(28)29)21-3-7-23(8-4-21)26-14-18-11-19(15-26)13-20(12-18)16-26/h3-10,17-20,25H,11-16H2,1-2H3. The third-order valence-corrected chi connectivity index (χ3v) is 8.05. The molecule has 29 heavy (non-hydrogen) atoms. The smallest absolute Gasteiger partial charge is 0.258 e. The van der Waals surface area contributed by atoms with Crippen LogP contribution in [-0.4, -0.2) is 4.92 Å². The van der Waals surface area contributed by atoms with E-state index in [0.717, 1.165) is 23.3 Å². The molecule has 0 amide bonds. The van der Waals surface area contributed by atoms with Gasteiger partial charge in [-0.25, -0.2) is 0 Å². The Morgan fingerprint density at radius 1 is 0.828 bits per heavy atom. The normalized spacial score (nSPS) is 31.2. The summed E-state index contributed by atoms with van der Waals surface area (Å²) in [6.45, 7) is 4.47. The van der Waals surface area contributed by atoms with Crippen LogP contribution in [0.25, 0.3) is 0 Å². The van der Waals surface area contributed by atoms with Crippen LogP contribution in [0.2, 0.25) is 0 Å². The van der Waals surface area contributed by atoms with Gasteiger partial charge in [-0.3, -0.25) is 10.1 Å². The predicted molar refractivity (Wildman–Crippen MR) is 116 cm³/mol. The Morgan fingerprint density at radius 2 is 1.28 bits per heavy atom. The van der Waals surface area contributed by atoms with E-state index < -0.39 is 0 Å². The monoisotopic (exact) mass is 389 g/mol. The number of non-ortho nitro benzene ring substituents is 1. The zero-order valence-electron chi connectivity index (χ0n) is 17.5. The maximum atomic E-state index is 11.0. The van der Waals surface area contributed by atoms with Crippen molar-refractivity contribution in [1.82, 2.24) is 0 Å². The lowest BCUT2D eigenvalue weighted by atomic mass is 9.48. The van der Waals surface area contributed by atoms with Crippen LogP contribution < -0.4 is 0 Å². The quantitative estimate of drug-likeness (QED) is 0.414. The number of nitro benzene ring substituents is 1. The largest absolute Gasteiger partial charge is 0.269 e. The van der Waals surface area contributed by atoms with Crippen molar-refractivity contribution < 1.29 is 4.92 Å². The number of hydrogen-bond donors (Lipinski definition) is 0. The highest BCUT2D eigenvalue weighted by Gasteiger charge is 2.51. The minimum atomic E-state index is -0.325. The fourth-order valence-corrected chi connectivity index (χ4v) is 7.27. The molecule has 4 aliphatic rings. The van der Waals surface area contributed by atoms with Gasteiger partial charge in [0.05, 0.1) is 4.92 Å². The number of nitro groups is 1. The van der Waals surface area contributed by atoms with Gasteiger partial charge in [0.15, 0.2) is 0 Å². The molecule has 0 aliphatic heterocycles. The summed E-state index contributed by atoms with van der Waals surface area (Å²) in [5.74, 6) is 3.58. The van der Waals surface area contributed by atoms with Crippen LogP contribution in [0.5, 0.6) is 0 Å². The Hall–Kier alpha value is -2.16. The summed E-state index contributed by atoms with van der Waals surface area (Å²) >= 11 is 0. The molecule has 0 heterocycles. The van der Waals surface area contributed by atoms with Gasteiger partial charge in [0.2, 0.25) is 0 Å². The maximum Gasteiger partial charge on any atom is 0.269 e. The van der Waals surface area contributed by atoms with Crippen LogP contribution in [0.3, 0.4) is 0 Å². The molecule has 1 unspecified atom stereocenters. The van der Waals surface area contributed by atoms with Gasteiger partial charge < -0.3 is 0 Å². The van der Waals surface area contributed by atoms with Gasteiger partial charge in [-0.15, -0.1) is 0 Å². The lowest BCUT2D eigenvalue weighted by Gasteiger charge is -2.57. The Morgan fingerprint density at radius 3 is 1.69 bits per heavy atom. The van der Waals surface area contributed by atoms with Crippen molar-refractivity contribution >= 4 is 5.69 Å². The summed E-state index contributed by atoms with van der Waals surface area (Å²) < 4.78 is 0. The molecular formula is C26H31NO2. The van der Waals surface area contributed by atoms with Crippen molar-refractivity contribution in [3.8, 4) is 0 Å². The Labute approximate surface area is 173 Å². The molecular weight excluding hydrogens is 358 g/mol. The molecule has 152 valence electrons. The van der Waals surface area contributed by atoms with E-state index in [1.54, 1.807) is 17.7 Å². The second kappa shape index (κ2) is 6.97. The summed E-state index contributed by atoms with van der Waals surface area (Å²) in [4.78, 5) is 10.7. The summed E-state index contributed by atoms with van der Waals surface area (Å²) in [6, 6.07) is 16.6. The minimum absolute atomic E-state index is 0.161. The molecule has 2 aromatic rings. The van der Waals surface area contributed by atoms with Crippen molar-refractivity contribution in [1.29, 1.82) is 0 Å². The molecule has 2 aromatic carbocycles. The van der Waals surface area contributed by atoms with Crippen LogP contribution in [0.15, 0.2) is 48.5 Å². The minimum Gasteiger partial charge on any atom is -0.258 e. The van der Waals surface area contributed by atoms with Crippen molar-refractivity contribution in [3.63, 3.8) is 0 Å². The lowest BCUT2D eigenvalue weighted by Crippen LogP contribution is -2.48. The van der Waals surface area contributed by atoms with Crippen molar-refractivity contribution in [3.05, 3.63) is 75.3 Å². The van der Waals surface area contributed by atoms with Crippen LogP contribution in [0, 0.1) is 33.8 Å². The lowest BCUT2D eigenvalue weighted by molar-refractivity contribution is -0.384. The van der Waals surface area contributed by atoms with E-state index in [-0.39, 0.29) is 16.5 Å².